The minimum absolute atomic E-state index is 1.64. The van der Waals surface area contributed by atoms with Crippen molar-refractivity contribution in [3.05, 3.63) is 0 Å². The van der Waals surface area contributed by atoms with Crippen LogP contribution in [0, 0.1) is 0 Å². The highest BCUT2D eigenvalue weighted by Gasteiger charge is 1.49. The Balaban J connectivity index is 3.07. The molecule has 0 rings (SSSR count). The van der Waals surface area contributed by atoms with Crippen LogP contribution in [0.2, 0.25) is 0 Å². The van der Waals surface area contributed by atoms with Gasteiger partial charge in [0, 0.05) is 26.5 Å². The molecule has 0 N–H and O–H groups in total. The molecule has 0 aromatic heterocycles. The first-order valence-electron chi connectivity index (χ1n) is 1.74. The van der Waals surface area contributed by atoms with E-state index in [0.717, 1.165) is 0 Å². The van der Waals surface area contributed by atoms with E-state index in [0.29, 0.717) is 0 Å². The first-order chi connectivity index (χ1) is 2.91. The second-order valence-corrected chi connectivity index (χ2v) is 0.815. The van der Waals surface area contributed by atoms with Crippen molar-refractivity contribution in [1.82, 2.24) is 0 Å². The number of hydrogen-bond donors (Lipinski definition) is 0. The number of aliphatic imine (C=N–C) groups is 2. The molecule has 0 aromatic carbocycles. The van der Waals surface area contributed by atoms with Crippen LogP contribution < -0.4 is 0 Å². The molecule has 0 spiro atoms. The molecule has 0 radical (unpaired) electrons. The standard InChI is InChI=1S/C4H8N2/c1-5-3-4-6-2/h3-4H,1-2H3/b5-3+,6-4+. The molecule has 2 nitrogen and oxygen atoms in total. The Morgan fingerprint density at radius 3 is 1.50 bits per heavy atom. The van der Waals surface area contributed by atoms with E-state index in [2.05, 4.69) is 9.98 Å². The van der Waals surface area contributed by atoms with Crippen molar-refractivity contribution in [2.45, 2.75) is 0 Å². The molecular formula is C4H8N2. The van der Waals surface area contributed by atoms with Gasteiger partial charge in [-0.1, -0.05) is 0 Å². The van der Waals surface area contributed by atoms with Gasteiger partial charge in [0.15, 0.2) is 0 Å². The summed E-state index contributed by atoms with van der Waals surface area (Å²) in [5.74, 6) is 0. The molecule has 0 aliphatic rings. The van der Waals surface area contributed by atoms with Crippen molar-refractivity contribution in [3.8, 4) is 0 Å². The highest BCUT2D eigenvalue weighted by Crippen LogP contribution is 1.46. The van der Waals surface area contributed by atoms with E-state index in [1.165, 1.54) is 0 Å². The summed E-state index contributed by atoms with van der Waals surface area (Å²) >= 11 is 0. The summed E-state index contributed by atoms with van der Waals surface area (Å²) in [4.78, 5) is 7.30. The van der Waals surface area contributed by atoms with Gasteiger partial charge in [0.05, 0.1) is 0 Å². The van der Waals surface area contributed by atoms with Gasteiger partial charge < -0.3 is 0 Å². The number of rotatable bonds is 1. The molecule has 0 heterocycles. The van der Waals surface area contributed by atoms with E-state index in [4.69, 9.17) is 0 Å². The SMILES string of the molecule is C/N=C/C=N/C. The largest absolute Gasteiger partial charge is 0.295 e. The zero-order valence-electron chi connectivity index (χ0n) is 4.05. The Labute approximate surface area is 37.6 Å². The monoisotopic (exact) mass is 84.1 g/mol. The first-order valence-corrected chi connectivity index (χ1v) is 1.74. The summed E-state index contributed by atoms with van der Waals surface area (Å²) in [5, 5.41) is 0. The Hall–Kier alpha value is -0.660. The average Bonchev–Trinajstić information content (AvgIpc) is 1.61. The van der Waals surface area contributed by atoms with Crippen molar-refractivity contribution >= 4 is 12.4 Å². The molecule has 0 aliphatic heterocycles. The quantitative estimate of drug-likeness (QED) is 0.410. The molecule has 0 aliphatic carbocycles. The normalized spacial score (nSPS) is 11.7. The van der Waals surface area contributed by atoms with Crippen LogP contribution in [0.25, 0.3) is 0 Å². The fraction of sp³-hybridized carbons (Fsp3) is 0.500. The molecule has 2 heteroatoms. The van der Waals surface area contributed by atoms with Crippen LogP contribution in [0.15, 0.2) is 9.98 Å². The van der Waals surface area contributed by atoms with Crippen molar-refractivity contribution < 1.29 is 0 Å². The molecule has 6 heavy (non-hydrogen) atoms. The summed E-state index contributed by atoms with van der Waals surface area (Å²) in [6, 6.07) is 0. The summed E-state index contributed by atoms with van der Waals surface area (Å²) in [6.07, 6.45) is 3.28. The zero-order chi connectivity index (χ0) is 4.83. The lowest BCUT2D eigenvalue weighted by molar-refractivity contribution is 1.46. The summed E-state index contributed by atoms with van der Waals surface area (Å²) in [5.41, 5.74) is 0. The van der Waals surface area contributed by atoms with Crippen molar-refractivity contribution in [3.63, 3.8) is 0 Å². The number of hydrogen-bond acceptors (Lipinski definition) is 2. The van der Waals surface area contributed by atoms with Gasteiger partial charge >= 0.3 is 0 Å². The number of nitrogens with zero attached hydrogens (tertiary/aromatic N) is 2. The maximum Gasteiger partial charge on any atom is 0.0387 e. The fourth-order valence-electron chi connectivity index (χ4n) is 0.133. The van der Waals surface area contributed by atoms with Gasteiger partial charge in [-0.15, -0.1) is 0 Å². The molecule has 0 saturated heterocycles. The zero-order valence-corrected chi connectivity index (χ0v) is 4.05. The molecule has 0 fully saturated rings. The molecule has 0 aromatic rings. The van der Waals surface area contributed by atoms with Crippen LogP contribution in [0.5, 0.6) is 0 Å². The second kappa shape index (κ2) is 4.34. The van der Waals surface area contributed by atoms with Gasteiger partial charge in [0.2, 0.25) is 0 Å². The molecular weight excluding hydrogens is 76.1 g/mol. The van der Waals surface area contributed by atoms with E-state index >= 15 is 0 Å². The van der Waals surface area contributed by atoms with E-state index in [1.54, 1.807) is 26.5 Å². The van der Waals surface area contributed by atoms with Crippen LogP contribution in [0.1, 0.15) is 0 Å². The lowest BCUT2D eigenvalue weighted by Crippen LogP contribution is -1.69. The maximum absolute atomic E-state index is 3.65. The molecule has 0 amide bonds. The van der Waals surface area contributed by atoms with Crippen LogP contribution in [-0.2, 0) is 0 Å². The third-order valence-electron chi connectivity index (χ3n) is 0.365. The van der Waals surface area contributed by atoms with E-state index in [1.807, 2.05) is 0 Å². The first kappa shape index (κ1) is 5.34. The predicted molar refractivity (Wildman–Crippen MR) is 28.8 cm³/mol. The van der Waals surface area contributed by atoms with Crippen LogP contribution in [0.4, 0.5) is 0 Å². The lowest BCUT2D eigenvalue weighted by atomic mass is 10.8. The van der Waals surface area contributed by atoms with Gasteiger partial charge in [-0.2, -0.15) is 0 Å². The highest BCUT2D eigenvalue weighted by atomic mass is 14.7. The molecule has 0 unspecified atom stereocenters. The Morgan fingerprint density at radius 2 is 1.33 bits per heavy atom. The maximum atomic E-state index is 3.65. The summed E-state index contributed by atoms with van der Waals surface area (Å²) in [7, 11) is 3.42. The second-order valence-electron chi connectivity index (χ2n) is 0.815. The van der Waals surface area contributed by atoms with Crippen LogP contribution in [-0.4, -0.2) is 26.5 Å². The molecule has 0 atom stereocenters. The Kier molecular flexibility index (Phi) is 3.86. The van der Waals surface area contributed by atoms with Gasteiger partial charge in [-0.3, -0.25) is 9.98 Å². The topological polar surface area (TPSA) is 24.7 Å². The summed E-state index contributed by atoms with van der Waals surface area (Å²) < 4.78 is 0. The predicted octanol–water partition coefficient (Wildman–Crippen LogP) is 0.388. The average molecular weight is 84.1 g/mol. The smallest absolute Gasteiger partial charge is 0.0387 e. The van der Waals surface area contributed by atoms with Gasteiger partial charge in [-0.25, -0.2) is 0 Å². The van der Waals surface area contributed by atoms with E-state index < -0.39 is 0 Å². The lowest BCUT2D eigenvalue weighted by Gasteiger charge is -1.64. The Bertz CT molecular complexity index is 53.9. The highest BCUT2D eigenvalue weighted by molar-refractivity contribution is 6.15. The Morgan fingerprint density at radius 1 is 1.00 bits per heavy atom. The molecule has 34 valence electrons. The van der Waals surface area contributed by atoms with Crippen molar-refractivity contribution in [2.75, 3.05) is 14.1 Å². The van der Waals surface area contributed by atoms with Crippen molar-refractivity contribution in [1.29, 1.82) is 0 Å². The minimum Gasteiger partial charge on any atom is -0.295 e. The van der Waals surface area contributed by atoms with Gasteiger partial charge in [-0.05, 0) is 0 Å². The third-order valence-corrected chi connectivity index (χ3v) is 0.365. The van der Waals surface area contributed by atoms with Gasteiger partial charge in [0.25, 0.3) is 0 Å². The van der Waals surface area contributed by atoms with E-state index in [9.17, 15) is 0 Å². The van der Waals surface area contributed by atoms with Crippen LogP contribution >= 0.6 is 0 Å². The third kappa shape index (κ3) is 3.34. The summed E-state index contributed by atoms with van der Waals surface area (Å²) in [6.45, 7) is 0. The van der Waals surface area contributed by atoms with Crippen molar-refractivity contribution in [2.24, 2.45) is 9.98 Å². The van der Waals surface area contributed by atoms with Crippen LogP contribution in [0.3, 0.4) is 0 Å². The minimum atomic E-state index is 1.64. The fourth-order valence-corrected chi connectivity index (χ4v) is 0.133. The van der Waals surface area contributed by atoms with E-state index in [-0.39, 0.29) is 0 Å². The molecule has 0 saturated carbocycles. The van der Waals surface area contributed by atoms with Gasteiger partial charge in [0.1, 0.15) is 0 Å². The molecule has 0 bridgehead atoms.